The number of aromatic nitrogens is 2. The zero-order valence-corrected chi connectivity index (χ0v) is 12.3. The molecule has 1 heterocycles. The van der Waals surface area contributed by atoms with Crippen LogP contribution < -0.4 is 0 Å². The average Bonchev–Trinajstić information content (AvgIpc) is 2.93. The lowest BCUT2D eigenvalue weighted by atomic mass is 10.1. The molecule has 0 spiro atoms. The van der Waals surface area contributed by atoms with Crippen molar-refractivity contribution in [1.82, 2.24) is 9.55 Å². The molecule has 118 valence electrons. The van der Waals surface area contributed by atoms with E-state index in [4.69, 9.17) is 5.11 Å². The molecule has 0 bridgehead atoms. The maximum atomic E-state index is 12.7. The number of phenols is 1. The van der Waals surface area contributed by atoms with Gasteiger partial charge in [0.15, 0.2) is 5.82 Å². The van der Waals surface area contributed by atoms with Gasteiger partial charge in [-0.05, 0) is 36.4 Å². The maximum Gasteiger partial charge on any atom is 0.228 e. The van der Waals surface area contributed by atoms with Crippen molar-refractivity contribution in [2.24, 2.45) is 0 Å². The van der Waals surface area contributed by atoms with Crippen LogP contribution in [0.15, 0.2) is 48.5 Å². The zero-order valence-electron chi connectivity index (χ0n) is 12.3. The number of carbonyl (C=O) groups is 1. The number of phenolic OH excluding ortho intramolecular Hbond substituents is 1. The van der Waals surface area contributed by atoms with Crippen LogP contribution in [0.4, 0.5) is 0 Å². The highest BCUT2D eigenvalue weighted by atomic mass is 16.3. The number of rotatable bonds is 5. The molecular weight excluding hydrogens is 296 g/mol. The minimum Gasteiger partial charge on any atom is -0.508 e. The third-order valence-corrected chi connectivity index (χ3v) is 3.59. The molecule has 1 atom stereocenters. The molecular formula is C17H16N2O4. The standard InChI is InChI=1S/C17H16N2O4/c20-10-13(22)9-19-15-4-2-1-3-14(15)18-17(19)16(23)11-5-7-12(21)8-6-11/h1-8,13,20-22H,9-10H2. The van der Waals surface area contributed by atoms with E-state index in [-0.39, 0.29) is 23.9 Å². The monoisotopic (exact) mass is 312 g/mol. The first-order chi connectivity index (χ1) is 11.1. The van der Waals surface area contributed by atoms with Gasteiger partial charge in [-0.3, -0.25) is 4.79 Å². The lowest BCUT2D eigenvalue weighted by molar-refractivity contribution is 0.0804. The zero-order chi connectivity index (χ0) is 16.4. The summed E-state index contributed by atoms with van der Waals surface area (Å²) in [6, 6.07) is 13.1. The van der Waals surface area contributed by atoms with Crippen molar-refractivity contribution in [3.8, 4) is 5.75 Å². The van der Waals surface area contributed by atoms with Gasteiger partial charge in [-0.2, -0.15) is 0 Å². The van der Waals surface area contributed by atoms with Crippen LogP contribution in [0.5, 0.6) is 5.75 Å². The quantitative estimate of drug-likeness (QED) is 0.618. The number of aliphatic hydroxyl groups is 2. The van der Waals surface area contributed by atoms with Crippen LogP contribution in [0.2, 0.25) is 0 Å². The van der Waals surface area contributed by atoms with Crippen LogP contribution in [0.25, 0.3) is 11.0 Å². The van der Waals surface area contributed by atoms with E-state index in [0.717, 1.165) is 0 Å². The minimum absolute atomic E-state index is 0.0656. The van der Waals surface area contributed by atoms with E-state index in [2.05, 4.69) is 4.98 Å². The summed E-state index contributed by atoms with van der Waals surface area (Å²) in [4.78, 5) is 17.1. The lowest BCUT2D eigenvalue weighted by Gasteiger charge is -2.12. The van der Waals surface area contributed by atoms with Crippen molar-refractivity contribution in [2.75, 3.05) is 6.61 Å². The molecule has 0 aliphatic heterocycles. The number of imidazole rings is 1. The Morgan fingerprint density at radius 3 is 2.52 bits per heavy atom. The first-order valence-electron chi connectivity index (χ1n) is 7.18. The minimum atomic E-state index is -0.987. The number of benzene rings is 2. The van der Waals surface area contributed by atoms with Gasteiger partial charge in [0.05, 0.1) is 30.3 Å². The number of hydrogen-bond donors (Lipinski definition) is 3. The van der Waals surface area contributed by atoms with E-state index in [0.29, 0.717) is 16.6 Å². The van der Waals surface area contributed by atoms with Crippen molar-refractivity contribution in [3.05, 3.63) is 59.9 Å². The third-order valence-electron chi connectivity index (χ3n) is 3.59. The summed E-state index contributed by atoms with van der Waals surface area (Å²) in [7, 11) is 0. The number of hydrogen-bond acceptors (Lipinski definition) is 5. The molecule has 6 heteroatoms. The highest BCUT2D eigenvalue weighted by molar-refractivity contribution is 6.08. The molecule has 0 saturated carbocycles. The third kappa shape index (κ3) is 2.94. The number of aliphatic hydroxyl groups excluding tert-OH is 2. The van der Waals surface area contributed by atoms with Gasteiger partial charge in [0, 0.05) is 5.56 Å². The second-order valence-corrected chi connectivity index (χ2v) is 5.25. The van der Waals surface area contributed by atoms with E-state index in [1.165, 1.54) is 24.3 Å². The number of para-hydroxylation sites is 2. The fourth-order valence-electron chi connectivity index (χ4n) is 2.44. The molecule has 1 aromatic heterocycles. The first-order valence-corrected chi connectivity index (χ1v) is 7.18. The second kappa shape index (κ2) is 6.20. The molecule has 3 rings (SSSR count). The van der Waals surface area contributed by atoms with E-state index in [1.54, 1.807) is 16.7 Å². The summed E-state index contributed by atoms with van der Waals surface area (Å²) in [5.74, 6) is -0.0542. The Balaban J connectivity index is 2.10. The summed E-state index contributed by atoms with van der Waals surface area (Å²) in [6.45, 7) is -0.338. The summed E-state index contributed by atoms with van der Waals surface area (Å²) in [5, 5.41) is 28.2. The topological polar surface area (TPSA) is 95.6 Å². The Labute approximate surface area is 132 Å². The van der Waals surface area contributed by atoms with Gasteiger partial charge in [0.2, 0.25) is 5.78 Å². The second-order valence-electron chi connectivity index (χ2n) is 5.25. The van der Waals surface area contributed by atoms with E-state index < -0.39 is 12.7 Å². The van der Waals surface area contributed by atoms with E-state index in [1.807, 2.05) is 12.1 Å². The predicted molar refractivity (Wildman–Crippen MR) is 84.4 cm³/mol. The number of fused-ring (bicyclic) bond motifs is 1. The highest BCUT2D eigenvalue weighted by Gasteiger charge is 2.20. The molecule has 23 heavy (non-hydrogen) atoms. The summed E-state index contributed by atoms with van der Waals surface area (Å²) < 4.78 is 1.60. The molecule has 1 unspecified atom stereocenters. The molecule has 3 N–H and O–H groups in total. The Morgan fingerprint density at radius 1 is 1.13 bits per heavy atom. The van der Waals surface area contributed by atoms with Gasteiger partial charge >= 0.3 is 0 Å². The van der Waals surface area contributed by atoms with Crippen LogP contribution in [0, 0.1) is 0 Å². The summed E-state index contributed by atoms with van der Waals surface area (Å²) in [6.07, 6.45) is -0.987. The van der Waals surface area contributed by atoms with Gasteiger partial charge in [0.25, 0.3) is 0 Å². The molecule has 0 saturated heterocycles. The predicted octanol–water partition coefficient (Wildman–Crippen LogP) is 1.33. The van der Waals surface area contributed by atoms with Crippen LogP contribution in [-0.4, -0.2) is 43.4 Å². The number of carbonyl (C=O) groups excluding carboxylic acids is 1. The van der Waals surface area contributed by atoms with Crippen molar-refractivity contribution < 1.29 is 20.1 Å². The molecule has 3 aromatic rings. The van der Waals surface area contributed by atoms with Crippen LogP contribution >= 0.6 is 0 Å². The Kier molecular flexibility index (Phi) is 4.10. The van der Waals surface area contributed by atoms with Gasteiger partial charge in [-0.1, -0.05) is 12.1 Å². The molecule has 0 amide bonds. The maximum absolute atomic E-state index is 12.7. The van der Waals surface area contributed by atoms with E-state index in [9.17, 15) is 15.0 Å². The van der Waals surface area contributed by atoms with Gasteiger partial charge in [0.1, 0.15) is 5.75 Å². The Morgan fingerprint density at radius 2 is 1.83 bits per heavy atom. The molecule has 0 aliphatic carbocycles. The van der Waals surface area contributed by atoms with Gasteiger partial charge in [-0.25, -0.2) is 4.98 Å². The largest absolute Gasteiger partial charge is 0.508 e. The summed E-state index contributed by atoms with van der Waals surface area (Å²) >= 11 is 0. The highest BCUT2D eigenvalue weighted by Crippen LogP contribution is 2.20. The first kappa shape index (κ1) is 15.2. The average molecular weight is 312 g/mol. The van der Waals surface area contributed by atoms with Crippen LogP contribution in [-0.2, 0) is 6.54 Å². The fourth-order valence-corrected chi connectivity index (χ4v) is 2.44. The van der Waals surface area contributed by atoms with Gasteiger partial charge in [-0.15, -0.1) is 0 Å². The van der Waals surface area contributed by atoms with Crippen molar-refractivity contribution >= 4 is 16.8 Å². The van der Waals surface area contributed by atoms with E-state index >= 15 is 0 Å². The molecule has 0 fully saturated rings. The molecule has 0 aliphatic rings. The Hall–Kier alpha value is -2.70. The van der Waals surface area contributed by atoms with Crippen molar-refractivity contribution in [3.63, 3.8) is 0 Å². The number of ketones is 1. The number of aromatic hydroxyl groups is 1. The molecule has 2 aromatic carbocycles. The Bertz CT molecular complexity index is 839. The molecule has 6 nitrogen and oxygen atoms in total. The smallest absolute Gasteiger partial charge is 0.228 e. The number of nitrogens with zero attached hydrogens (tertiary/aromatic N) is 2. The SMILES string of the molecule is O=C(c1ccc(O)cc1)c1nc2ccccc2n1CC(O)CO. The lowest BCUT2D eigenvalue weighted by Crippen LogP contribution is -2.23. The van der Waals surface area contributed by atoms with Crippen molar-refractivity contribution in [1.29, 1.82) is 0 Å². The van der Waals surface area contributed by atoms with Crippen LogP contribution in [0.1, 0.15) is 16.2 Å². The fraction of sp³-hybridized carbons (Fsp3) is 0.176. The van der Waals surface area contributed by atoms with Crippen molar-refractivity contribution in [2.45, 2.75) is 12.6 Å². The van der Waals surface area contributed by atoms with Crippen LogP contribution in [0.3, 0.4) is 0 Å². The summed E-state index contributed by atoms with van der Waals surface area (Å²) in [5.41, 5.74) is 1.74. The van der Waals surface area contributed by atoms with Gasteiger partial charge < -0.3 is 19.9 Å². The molecule has 0 radical (unpaired) electrons. The normalized spacial score (nSPS) is 12.4.